The van der Waals surface area contributed by atoms with Crippen molar-refractivity contribution >= 4 is 21.9 Å². The molecule has 0 radical (unpaired) electrons. The maximum atomic E-state index is 13.3. The van der Waals surface area contributed by atoms with E-state index in [2.05, 4.69) is 25.7 Å². The van der Waals surface area contributed by atoms with E-state index < -0.39 is 23.9 Å². The second kappa shape index (κ2) is 6.00. The van der Waals surface area contributed by atoms with Crippen molar-refractivity contribution in [1.29, 1.82) is 0 Å². The average Bonchev–Trinajstić information content (AvgIpc) is 2.27. The second-order valence-corrected chi connectivity index (χ2v) is 3.59. The topological polar surface area (TPSA) is 39.2 Å². The first-order valence-corrected chi connectivity index (χ1v) is 5.83. The smallest absolute Gasteiger partial charge is 0.357 e. The van der Waals surface area contributed by atoms with Gasteiger partial charge < -0.3 is 4.74 Å². The molecule has 0 aromatic carbocycles. The van der Waals surface area contributed by atoms with Crippen molar-refractivity contribution in [3.8, 4) is 0 Å². The number of pyridine rings is 1. The molecule has 0 atom stereocenters. The van der Waals surface area contributed by atoms with Crippen LogP contribution in [0.4, 0.5) is 13.2 Å². The molecular formula is C10H9BrF3NO2. The summed E-state index contributed by atoms with van der Waals surface area (Å²) in [5, 5.41) is -0.00147. The summed E-state index contributed by atoms with van der Waals surface area (Å²) >= 11 is 2.95. The van der Waals surface area contributed by atoms with Gasteiger partial charge in [-0.2, -0.15) is 4.39 Å². The summed E-state index contributed by atoms with van der Waals surface area (Å²) in [6, 6.07) is 1.09. The molecule has 3 nitrogen and oxygen atoms in total. The van der Waals surface area contributed by atoms with Crippen LogP contribution in [0.25, 0.3) is 0 Å². The normalized spacial score (nSPS) is 10.7. The zero-order valence-corrected chi connectivity index (χ0v) is 10.4. The number of ether oxygens (including phenoxy) is 1. The molecule has 0 spiro atoms. The number of hydrogen-bond acceptors (Lipinski definition) is 3. The highest BCUT2D eigenvalue weighted by atomic mass is 79.9. The van der Waals surface area contributed by atoms with Gasteiger partial charge in [0.1, 0.15) is 0 Å². The van der Waals surface area contributed by atoms with E-state index in [1.807, 2.05) is 0 Å². The predicted octanol–water partition coefficient (Wildman–Crippen LogP) is 3.23. The third-order valence-electron chi connectivity index (χ3n) is 1.94. The molecule has 0 aliphatic rings. The molecule has 1 rings (SSSR count). The number of nitrogens with zero attached hydrogens (tertiary/aromatic N) is 1. The molecule has 0 fully saturated rings. The lowest BCUT2D eigenvalue weighted by molar-refractivity contribution is 0.0516. The first kappa shape index (κ1) is 14.0. The molecule has 17 heavy (non-hydrogen) atoms. The van der Waals surface area contributed by atoms with Crippen LogP contribution in [0, 0.1) is 5.95 Å². The Bertz CT molecular complexity index is 426. The number of esters is 1. The van der Waals surface area contributed by atoms with Crippen LogP contribution >= 0.6 is 15.9 Å². The Morgan fingerprint density at radius 2 is 2.24 bits per heavy atom. The number of aromatic nitrogens is 1. The number of carbonyl (C=O) groups excluding carboxylic acids is 1. The number of alkyl halides is 3. The summed E-state index contributed by atoms with van der Waals surface area (Å²) in [6.07, 6.45) is -2.98. The fourth-order valence-electron chi connectivity index (χ4n) is 1.22. The highest BCUT2D eigenvalue weighted by molar-refractivity contribution is 9.08. The predicted molar refractivity (Wildman–Crippen MR) is 57.7 cm³/mol. The van der Waals surface area contributed by atoms with Crippen molar-refractivity contribution in [3.05, 3.63) is 28.8 Å². The molecule has 0 bridgehead atoms. The minimum atomic E-state index is -2.98. The Labute approximate surface area is 104 Å². The van der Waals surface area contributed by atoms with Crippen LogP contribution in [0.1, 0.15) is 35.0 Å². The third kappa shape index (κ3) is 3.18. The largest absolute Gasteiger partial charge is 0.461 e. The van der Waals surface area contributed by atoms with Crippen LogP contribution in [-0.2, 0) is 10.1 Å². The van der Waals surface area contributed by atoms with Crippen molar-refractivity contribution < 1.29 is 22.7 Å². The summed E-state index contributed by atoms with van der Waals surface area (Å²) in [6.45, 7) is 1.68. The monoisotopic (exact) mass is 311 g/mol. The van der Waals surface area contributed by atoms with E-state index in [0.29, 0.717) is 0 Å². The van der Waals surface area contributed by atoms with Crippen molar-refractivity contribution in [3.63, 3.8) is 0 Å². The molecule has 1 aromatic rings. The maximum Gasteiger partial charge on any atom is 0.357 e. The van der Waals surface area contributed by atoms with E-state index in [-0.39, 0.29) is 23.2 Å². The fourth-order valence-corrected chi connectivity index (χ4v) is 1.69. The molecular weight excluding hydrogens is 303 g/mol. The Morgan fingerprint density at radius 1 is 1.59 bits per heavy atom. The molecule has 0 saturated carbocycles. The van der Waals surface area contributed by atoms with E-state index in [1.54, 1.807) is 6.92 Å². The Balaban J connectivity index is 3.22. The lowest BCUT2D eigenvalue weighted by Crippen LogP contribution is -2.11. The van der Waals surface area contributed by atoms with Gasteiger partial charge in [-0.1, -0.05) is 15.9 Å². The molecule has 7 heteroatoms. The van der Waals surface area contributed by atoms with Gasteiger partial charge in [-0.25, -0.2) is 18.6 Å². The molecule has 0 aliphatic heterocycles. The van der Waals surface area contributed by atoms with E-state index in [4.69, 9.17) is 0 Å². The van der Waals surface area contributed by atoms with E-state index in [0.717, 1.165) is 6.07 Å². The zero-order chi connectivity index (χ0) is 13.0. The Morgan fingerprint density at radius 3 is 2.71 bits per heavy atom. The van der Waals surface area contributed by atoms with Gasteiger partial charge in [-0.15, -0.1) is 0 Å². The van der Waals surface area contributed by atoms with Crippen molar-refractivity contribution in [1.82, 2.24) is 4.98 Å². The molecule has 0 unspecified atom stereocenters. The van der Waals surface area contributed by atoms with Gasteiger partial charge in [0.15, 0.2) is 5.69 Å². The quantitative estimate of drug-likeness (QED) is 0.487. The summed E-state index contributed by atoms with van der Waals surface area (Å²) in [5.41, 5.74) is -1.13. The molecule has 0 amide bonds. The second-order valence-electron chi connectivity index (χ2n) is 3.03. The van der Waals surface area contributed by atoms with Gasteiger partial charge in [0.2, 0.25) is 5.95 Å². The molecule has 1 aromatic heterocycles. The highest BCUT2D eigenvalue weighted by Gasteiger charge is 2.22. The van der Waals surface area contributed by atoms with Crippen molar-refractivity contribution in [2.75, 3.05) is 6.61 Å². The average molecular weight is 312 g/mol. The summed E-state index contributed by atoms with van der Waals surface area (Å²) in [7, 11) is 0. The molecule has 0 saturated heterocycles. The third-order valence-corrected chi connectivity index (χ3v) is 2.55. The van der Waals surface area contributed by atoms with Crippen LogP contribution in [0.5, 0.6) is 0 Å². The van der Waals surface area contributed by atoms with Crippen LogP contribution in [-0.4, -0.2) is 17.6 Å². The Kier molecular flexibility index (Phi) is 4.92. The van der Waals surface area contributed by atoms with Crippen LogP contribution in [0.15, 0.2) is 6.07 Å². The summed E-state index contributed by atoms with van der Waals surface area (Å²) < 4.78 is 43.0. The minimum Gasteiger partial charge on any atom is -0.461 e. The first-order valence-electron chi connectivity index (χ1n) is 4.71. The van der Waals surface area contributed by atoms with Crippen LogP contribution in [0.2, 0.25) is 0 Å². The van der Waals surface area contributed by atoms with E-state index >= 15 is 0 Å². The van der Waals surface area contributed by atoms with Crippen LogP contribution in [0.3, 0.4) is 0 Å². The summed E-state index contributed by atoms with van der Waals surface area (Å²) in [4.78, 5) is 14.5. The van der Waals surface area contributed by atoms with E-state index in [1.165, 1.54) is 0 Å². The SMILES string of the molecule is CCOC(=O)c1cc(CBr)c(C(F)F)c(F)n1. The van der Waals surface area contributed by atoms with Gasteiger partial charge >= 0.3 is 5.97 Å². The van der Waals surface area contributed by atoms with Crippen LogP contribution < -0.4 is 0 Å². The minimum absolute atomic E-state index is 0.00147. The van der Waals surface area contributed by atoms with Gasteiger partial charge in [0, 0.05) is 5.33 Å². The zero-order valence-electron chi connectivity index (χ0n) is 8.84. The number of halogens is 4. The first-order chi connectivity index (χ1) is 8.01. The van der Waals surface area contributed by atoms with Gasteiger partial charge in [-0.05, 0) is 18.6 Å². The van der Waals surface area contributed by atoms with Gasteiger partial charge in [0.05, 0.1) is 12.2 Å². The fraction of sp³-hybridized carbons (Fsp3) is 0.400. The maximum absolute atomic E-state index is 13.3. The van der Waals surface area contributed by atoms with Gasteiger partial charge in [-0.3, -0.25) is 0 Å². The number of hydrogen-bond donors (Lipinski definition) is 0. The molecule has 0 N–H and O–H groups in total. The number of rotatable bonds is 4. The standard InChI is InChI=1S/C10H9BrF3NO2/c1-2-17-10(16)6-3-5(4-11)7(8(12)13)9(14)15-6/h3,8H,2,4H2,1H3. The van der Waals surface area contributed by atoms with Gasteiger partial charge in [0.25, 0.3) is 6.43 Å². The number of carbonyl (C=O) groups is 1. The molecule has 1 heterocycles. The van der Waals surface area contributed by atoms with E-state index in [9.17, 15) is 18.0 Å². The molecule has 0 aliphatic carbocycles. The summed E-state index contributed by atoms with van der Waals surface area (Å²) in [5.74, 6) is -2.19. The lowest BCUT2D eigenvalue weighted by atomic mass is 10.1. The van der Waals surface area contributed by atoms with Crippen molar-refractivity contribution in [2.45, 2.75) is 18.7 Å². The lowest BCUT2D eigenvalue weighted by Gasteiger charge is -2.09. The molecule has 94 valence electrons. The van der Waals surface area contributed by atoms with Crippen molar-refractivity contribution in [2.24, 2.45) is 0 Å². The highest BCUT2D eigenvalue weighted by Crippen LogP contribution is 2.27. The Hall–Kier alpha value is -1.11.